The van der Waals surface area contributed by atoms with E-state index in [-0.39, 0.29) is 23.3 Å². The van der Waals surface area contributed by atoms with Crippen molar-refractivity contribution in [3.8, 4) is 18.1 Å². The van der Waals surface area contributed by atoms with Crippen LogP contribution >= 0.6 is 0 Å². The van der Waals surface area contributed by atoms with Crippen LogP contribution in [0.5, 0.6) is 5.75 Å². The van der Waals surface area contributed by atoms with Gasteiger partial charge in [0.2, 0.25) is 0 Å². The van der Waals surface area contributed by atoms with E-state index in [0.29, 0.717) is 25.2 Å². The topological polar surface area (TPSA) is 70.5 Å². The van der Waals surface area contributed by atoms with Crippen molar-refractivity contribution in [1.82, 2.24) is 9.88 Å². The van der Waals surface area contributed by atoms with Crippen molar-refractivity contribution < 1.29 is 13.5 Å². The summed E-state index contributed by atoms with van der Waals surface area (Å²) in [7, 11) is -2.96. The standard InChI is InChI=1S/C14H18N2O3S/c1-3-7-16(12-6-8-20(18,19)10-12)9-13-14(17)5-4-11(2)15-13/h1,4-5,12,17H,6-10H2,2H3. The van der Waals surface area contributed by atoms with E-state index in [1.54, 1.807) is 12.1 Å². The molecule has 1 aliphatic rings. The van der Waals surface area contributed by atoms with Crippen molar-refractivity contribution in [2.24, 2.45) is 0 Å². The maximum absolute atomic E-state index is 11.6. The molecule has 2 rings (SSSR count). The fourth-order valence-electron chi connectivity index (χ4n) is 2.41. The third-order valence-electron chi connectivity index (χ3n) is 3.46. The van der Waals surface area contributed by atoms with Crippen molar-refractivity contribution in [2.75, 3.05) is 18.1 Å². The molecule has 5 nitrogen and oxygen atoms in total. The molecule has 2 heterocycles. The summed E-state index contributed by atoms with van der Waals surface area (Å²) in [5, 5.41) is 9.84. The Hall–Kier alpha value is -1.58. The number of sulfone groups is 1. The molecule has 1 atom stereocenters. The quantitative estimate of drug-likeness (QED) is 0.829. The monoisotopic (exact) mass is 294 g/mol. The number of terminal acetylenes is 1. The van der Waals surface area contributed by atoms with E-state index in [4.69, 9.17) is 6.42 Å². The second-order valence-corrected chi connectivity index (χ2v) is 7.31. The van der Waals surface area contributed by atoms with Gasteiger partial charge in [-0.1, -0.05) is 5.92 Å². The first-order valence-corrected chi connectivity index (χ1v) is 8.27. The van der Waals surface area contributed by atoms with Crippen LogP contribution in [-0.4, -0.2) is 47.5 Å². The minimum atomic E-state index is -2.96. The maximum atomic E-state index is 11.6. The summed E-state index contributed by atoms with van der Waals surface area (Å²) in [6, 6.07) is 3.22. The molecule has 20 heavy (non-hydrogen) atoms. The molecule has 0 amide bonds. The predicted molar refractivity (Wildman–Crippen MR) is 76.9 cm³/mol. The zero-order valence-electron chi connectivity index (χ0n) is 11.4. The third kappa shape index (κ3) is 3.50. The van der Waals surface area contributed by atoms with E-state index in [9.17, 15) is 13.5 Å². The SMILES string of the molecule is C#CCN(Cc1nc(C)ccc1O)C1CCS(=O)(=O)C1. The second kappa shape index (κ2) is 5.81. The first-order valence-electron chi connectivity index (χ1n) is 6.45. The van der Waals surface area contributed by atoms with Crippen LogP contribution in [0.2, 0.25) is 0 Å². The van der Waals surface area contributed by atoms with Crippen LogP contribution in [0.25, 0.3) is 0 Å². The van der Waals surface area contributed by atoms with Gasteiger partial charge in [-0.25, -0.2) is 8.42 Å². The normalized spacial score (nSPS) is 20.9. The van der Waals surface area contributed by atoms with Gasteiger partial charge in [0.25, 0.3) is 0 Å². The van der Waals surface area contributed by atoms with Crippen LogP contribution in [0.1, 0.15) is 17.8 Å². The Kier molecular flexibility index (Phi) is 4.31. The van der Waals surface area contributed by atoms with E-state index in [1.807, 2.05) is 11.8 Å². The summed E-state index contributed by atoms with van der Waals surface area (Å²) in [4.78, 5) is 6.19. The maximum Gasteiger partial charge on any atom is 0.151 e. The molecular formula is C14H18N2O3S. The van der Waals surface area contributed by atoms with E-state index in [1.165, 1.54) is 0 Å². The molecule has 0 aromatic carbocycles. The highest BCUT2D eigenvalue weighted by atomic mass is 32.2. The molecule has 0 bridgehead atoms. The predicted octanol–water partition coefficient (Wildman–Crippen LogP) is 0.718. The minimum Gasteiger partial charge on any atom is -0.506 e. The van der Waals surface area contributed by atoms with E-state index >= 15 is 0 Å². The molecule has 1 saturated heterocycles. The molecular weight excluding hydrogens is 276 g/mol. The highest BCUT2D eigenvalue weighted by Crippen LogP contribution is 2.22. The lowest BCUT2D eigenvalue weighted by atomic mass is 10.2. The van der Waals surface area contributed by atoms with Crippen LogP contribution < -0.4 is 0 Å². The Morgan fingerprint density at radius 3 is 2.90 bits per heavy atom. The first kappa shape index (κ1) is 14.8. The van der Waals surface area contributed by atoms with Gasteiger partial charge in [-0.2, -0.15) is 0 Å². The number of aryl methyl sites for hydroxylation is 1. The van der Waals surface area contributed by atoms with E-state index in [0.717, 1.165) is 5.69 Å². The molecule has 1 unspecified atom stereocenters. The number of nitrogens with zero attached hydrogens (tertiary/aromatic N) is 2. The third-order valence-corrected chi connectivity index (χ3v) is 5.21. The zero-order valence-corrected chi connectivity index (χ0v) is 12.2. The van der Waals surface area contributed by atoms with Crippen molar-refractivity contribution in [3.63, 3.8) is 0 Å². The Morgan fingerprint density at radius 1 is 1.55 bits per heavy atom. The fourth-order valence-corrected chi connectivity index (χ4v) is 4.17. The average molecular weight is 294 g/mol. The molecule has 0 spiro atoms. The highest BCUT2D eigenvalue weighted by Gasteiger charge is 2.32. The van der Waals surface area contributed by atoms with Crippen LogP contribution in [-0.2, 0) is 16.4 Å². The largest absolute Gasteiger partial charge is 0.506 e. The molecule has 1 N–H and O–H groups in total. The first-order chi connectivity index (χ1) is 9.41. The van der Waals surface area contributed by atoms with Gasteiger partial charge >= 0.3 is 0 Å². The van der Waals surface area contributed by atoms with Crippen molar-refractivity contribution in [3.05, 3.63) is 23.5 Å². The Labute approximate surface area is 119 Å². The lowest BCUT2D eigenvalue weighted by molar-refractivity contribution is 0.224. The minimum absolute atomic E-state index is 0.0993. The number of hydrogen-bond acceptors (Lipinski definition) is 5. The van der Waals surface area contributed by atoms with Gasteiger partial charge in [0.05, 0.1) is 23.7 Å². The molecule has 1 aliphatic heterocycles. The number of aromatic hydroxyl groups is 1. The average Bonchev–Trinajstić information content (AvgIpc) is 2.73. The lowest BCUT2D eigenvalue weighted by Crippen LogP contribution is -2.36. The summed E-state index contributed by atoms with van der Waals surface area (Å²) in [5.74, 6) is 2.98. The summed E-state index contributed by atoms with van der Waals surface area (Å²) in [6.07, 6.45) is 5.94. The van der Waals surface area contributed by atoms with Gasteiger partial charge in [-0.3, -0.25) is 9.88 Å². The van der Waals surface area contributed by atoms with Gasteiger partial charge in [0.1, 0.15) is 5.75 Å². The summed E-state index contributed by atoms with van der Waals surface area (Å²) >= 11 is 0. The summed E-state index contributed by atoms with van der Waals surface area (Å²) in [6.45, 7) is 2.54. The van der Waals surface area contributed by atoms with Crippen LogP contribution in [0.15, 0.2) is 12.1 Å². The Bertz CT molecular complexity index is 634. The highest BCUT2D eigenvalue weighted by molar-refractivity contribution is 7.91. The molecule has 1 fully saturated rings. The number of aromatic nitrogens is 1. The lowest BCUT2D eigenvalue weighted by Gasteiger charge is -2.25. The molecule has 0 saturated carbocycles. The fraction of sp³-hybridized carbons (Fsp3) is 0.500. The smallest absolute Gasteiger partial charge is 0.151 e. The number of rotatable bonds is 4. The van der Waals surface area contributed by atoms with Crippen LogP contribution in [0.4, 0.5) is 0 Å². The van der Waals surface area contributed by atoms with Gasteiger partial charge in [-0.15, -0.1) is 6.42 Å². The van der Waals surface area contributed by atoms with Crippen LogP contribution in [0.3, 0.4) is 0 Å². The van der Waals surface area contributed by atoms with Gasteiger partial charge in [0, 0.05) is 18.3 Å². The second-order valence-electron chi connectivity index (χ2n) is 5.08. The molecule has 1 aromatic heterocycles. The van der Waals surface area contributed by atoms with Crippen molar-refractivity contribution >= 4 is 9.84 Å². The van der Waals surface area contributed by atoms with E-state index in [2.05, 4.69) is 10.9 Å². The zero-order chi connectivity index (χ0) is 14.8. The van der Waals surface area contributed by atoms with Gasteiger partial charge in [0.15, 0.2) is 9.84 Å². The molecule has 1 aromatic rings. The number of pyridine rings is 1. The van der Waals surface area contributed by atoms with Gasteiger partial charge < -0.3 is 5.11 Å². The Morgan fingerprint density at radius 2 is 2.30 bits per heavy atom. The molecule has 0 aliphatic carbocycles. The summed E-state index contributed by atoms with van der Waals surface area (Å²) < 4.78 is 23.2. The molecule has 6 heteroatoms. The molecule has 0 radical (unpaired) electrons. The van der Waals surface area contributed by atoms with Crippen LogP contribution in [0, 0.1) is 19.3 Å². The van der Waals surface area contributed by atoms with Crippen molar-refractivity contribution in [2.45, 2.75) is 25.9 Å². The Balaban J connectivity index is 2.18. The summed E-state index contributed by atoms with van der Waals surface area (Å²) in [5.41, 5.74) is 1.34. The number of hydrogen-bond donors (Lipinski definition) is 1. The molecule has 108 valence electrons. The van der Waals surface area contributed by atoms with E-state index < -0.39 is 9.84 Å². The van der Waals surface area contributed by atoms with Crippen molar-refractivity contribution in [1.29, 1.82) is 0 Å². The van der Waals surface area contributed by atoms with Gasteiger partial charge in [-0.05, 0) is 25.5 Å².